The lowest BCUT2D eigenvalue weighted by atomic mass is 10.2. The van der Waals surface area contributed by atoms with Gasteiger partial charge in [0.1, 0.15) is 6.10 Å². The molecular formula is C10H13F2N3O2. The Labute approximate surface area is 96.5 Å². The summed E-state index contributed by atoms with van der Waals surface area (Å²) in [4.78, 5) is 11.7. The molecule has 1 aliphatic rings. The van der Waals surface area contributed by atoms with E-state index >= 15 is 0 Å². The molecule has 1 saturated heterocycles. The van der Waals surface area contributed by atoms with E-state index in [2.05, 4.69) is 15.5 Å². The molecule has 1 aromatic heterocycles. The summed E-state index contributed by atoms with van der Waals surface area (Å²) in [5.74, 6) is -0.395. The van der Waals surface area contributed by atoms with Crippen molar-refractivity contribution in [2.45, 2.75) is 32.3 Å². The van der Waals surface area contributed by atoms with Crippen LogP contribution >= 0.6 is 0 Å². The van der Waals surface area contributed by atoms with Crippen molar-refractivity contribution in [3.8, 4) is 0 Å². The molecule has 1 amide bonds. The molecule has 1 unspecified atom stereocenters. The second-order valence-electron chi connectivity index (χ2n) is 3.90. The van der Waals surface area contributed by atoms with Crippen LogP contribution in [-0.4, -0.2) is 28.8 Å². The first-order valence-corrected chi connectivity index (χ1v) is 5.35. The topological polar surface area (TPSA) is 67.0 Å². The lowest BCUT2D eigenvalue weighted by molar-refractivity contribution is -0.124. The normalized spacial score (nSPS) is 19.9. The van der Waals surface area contributed by atoms with Crippen molar-refractivity contribution in [1.29, 1.82) is 0 Å². The number of nitrogens with zero attached hydrogens (tertiary/aromatic N) is 1. The molecule has 0 spiro atoms. The van der Waals surface area contributed by atoms with Gasteiger partial charge in [0.25, 0.3) is 12.3 Å². The van der Waals surface area contributed by atoms with Crippen molar-refractivity contribution >= 4 is 11.6 Å². The molecule has 5 nitrogen and oxygen atoms in total. The first-order valence-electron chi connectivity index (χ1n) is 5.35. The SMILES string of the molecule is Cc1[nH]nc(C(F)F)c1NC(=O)C1CCCO1. The molecular weight excluding hydrogens is 232 g/mol. The molecule has 1 atom stereocenters. The fraction of sp³-hybridized carbons (Fsp3) is 0.600. The number of ether oxygens (including phenoxy) is 1. The second-order valence-corrected chi connectivity index (χ2v) is 3.90. The number of nitrogens with one attached hydrogen (secondary N) is 2. The molecule has 1 aromatic rings. The van der Waals surface area contributed by atoms with Gasteiger partial charge in [-0.3, -0.25) is 9.89 Å². The van der Waals surface area contributed by atoms with E-state index in [0.29, 0.717) is 18.7 Å². The standard InChI is InChI=1S/C10H13F2N3O2/c1-5-7(8(9(11)12)15-14-5)13-10(16)6-3-2-4-17-6/h6,9H,2-4H2,1H3,(H,13,16)(H,14,15). The van der Waals surface area contributed by atoms with Crippen LogP contribution in [0.2, 0.25) is 0 Å². The van der Waals surface area contributed by atoms with E-state index in [9.17, 15) is 13.6 Å². The Morgan fingerprint density at radius 2 is 2.41 bits per heavy atom. The van der Waals surface area contributed by atoms with Gasteiger partial charge in [0.2, 0.25) is 0 Å². The zero-order valence-corrected chi connectivity index (χ0v) is 9.30. The summed E-state index contributed by atoms with van der Waals surface area (Å²) in [6.45, 7) is 2.11. The Balaban J connectivity index is 2.12. The van der Waals surface area contributed by atoms with Crippen LogP contribution in [0.3, 0.4) is 0 Å². The van der Waals surface area contributed by atoms with Crippen LogP contribution in [0.4, 0.5) is 14.5 Å². The number of H-pyrrole nitrogens is 1. The summed E-state index contributed by atoms with van der Waals surface area (Å²) < 4.78 is 30.4. The van der Waals surface area contributed by atoms with Crippen LogP contribution in [0.1, 0.15) is 30.7 Å². The number of halogens is 2. The summed E-state index contributed by atoms with van der Waals surface area (Å²) >= 11 is 0. The van der Waals surface area contributed by atoms with Crippen LogP contribution in [0.25, 0.3) is 0 Å². The van der Waals surface area contributed by atoms with Crippen molar-refractivity contribution < 1.29 is 18.3 Å². The number of anilines is 1. The number of aromatic amines is 1. The van der Waals surface area contributed by atoms with Crippen LogP contribution in [0.5, 0.6) is 0 Å². The molecule has 2 heterocycles. The number of carbonyl (C=O) groups excluding carboxylic acids is 1. The highest BCUT2D eigenvalue weighted by Crippen LogP contribution is 2.28. The number of aromatic nitrogens is 2. The van der Waals surface area contributed by atoms with Gasteiger partial charge in [0, 0.05) is 6.61 Å². The van der Waals surface area contributed by atoms with E-state index in [0.717, 1.165) is 6.42 Å². The average Bonchev–Trinajstić information content (AvgIpc) is 2.89. The summed E-state index contributed by atoms with van der Waals surface area (Å²) in [5.41, 5.74) is 0.0287. The first-order chi connectivity index (χ1) is 8.09. The fourth-order valence-electron chi connectivity index (χ4n) is 1.75. The van der Waals surface area contributed by atoms with Crippen molar-refractivity contribution in [2.75, 3.05) is 11.9 Å². The summed E-state index contributed by atoms with van der Waals surface area (Å²) in [6, 6.07) is 0. The Kier molecular flexibility index (Phi) is 3.37. The molecule has 0 aliphatic carbocycles. The number of hydrogen-bond acceptors (Lipinski definition) is 3. The maximum Gasteiger partial charge on any atom is 0.284 e. The lowest BCUT2D eigenvalue weighted by Crippen LogP contribution is -2.27. The molecule has 94 valence electrons. The summed E-state index contributed by atoms with van der Waals surface area (Å²) in [5, 5.41) is 8.34. The number of hydrogen-bond donors (Lipinski definition) is 2. The van der Waals surface area contributed by atoms with Crippen molar-refractivity contribution in [3.05, 3.63) is 11.4 Å². The number of aryl methyl sites for hydroxylation is 1. The lowest BCUT2D eigenvalue weighted by Gasteiger charge is -2.10. The van der Waals surface area contributed by atoms with Crippen LogP contribution in [-0.2, 0) is 9.53 Å². The van der Waals surface area contributed by atoms with E-state index in [1.54, 1.807) is 6.92 Å². The number of rotatable bonds is 3. The predicted molar refractivity (Wildman–Crippen MR) is 55.9 cm³/mol. The van der Waals surface area contributed by atoms with Gasteiger partial charge in [0.15, 0.2) is 5.69 Å². The van der Waals surface area contributed by atoms with Gasteiger partial charge in [-0.15, -0.1) is 0 Å². The molecule has 2 N–H and O–H groups in total. The highest BCUT2D eigenvalue weighted by Gasteiger charge is 2.27. The molecule has 17 heavy (non-hydrogen) atoms. The summed E-state index contributed by atoms with van der Waals surface area (Å²) in [7, 11) is 0. The molecule has 1 fully saturated rings. The highest BCUT2D eigenvalue weighted by molar-refractivity contribution is 5.95. The number of carbonyl (C=O) groups is 1. The van der Waals surface area contributed by atoms with E-state index < -0.39 is 24.1 Å². The van der Waals surface area contributed by atoms with Gasteiger partial charge >= 0.3 is 0 Å². The average molecular weight is 245 g/mol. The zero-order chi connectivity index (χ0) is 12.4. The van der Waals surface area contributed by atoms with Gasteiger partial charge in [-0.2, -0.15) is 5.10 Å². The van der Waals surface area contributed by atoms with E-state index in [-0.39, 0.29) is 5.69 Å². The maximum atomic E-state index is 12.6. The number of amides is 1. The third kappa shape index (κ3) is 2.44. The van der Waals surface area contributed by atoms with Crippen LogP contribution in [0, 0.1) is 6.92 Å². The molecule has 2 rings (SSSR count). The monoisotopic (exact) mass is 245 g/mol. The van der Waals surface area contributed by atoms with Crippen LogP contribution in [0.15, 0.2) is 0 Å². The maximum absolute atomic E-state index is 12.6. The third-order valence-electron chi connectivity index (χ3n) is 2.65. The van der Waals surface area contributed by atoms with Gasteiger partial charge in [-0.05, 0) is 19.8 Å². The quantitative estimate of drug-likeness (QED) is 0.852. The fourth-order valence-corrected chi connectivity index (χ4v) is 1.75. The van der Waals surface area contributed by atoms with E-state index in [1.807, 2.05) is 0 Å². The molecule has 7 heteroatoms. The predicted octanol–water partition coefficient (Wildman–Crippen LogP) is 1.77. The minimum Gasteiger partial charge on any atom is -0.368 e. The van der Waals surface area contributed by atoms with Crippen molar-refractivity contribution in [2.24, 2.45) is 0 Å². The molecule has 1 aliphatic heterocycles. The molecule has 0 radical (unpaired) electrons. The van der Waals surface area contributed by atoms with Gasteiger partial charge in [-0.25, -0.2) is 8.78 Å². The van der Waals surface area contributed by atoms with Gasteiger partial charge in [-0.1, -0.05) is 0 Å². The van der Waals surface area contributed by atoms with E-state index in [1.165, 1.54) is 0 Å². The van der Waals surface area contributed by atoms with Gasteiger partial charge in [0.05, 0.1) is 11.4 Å². The Morgan fingerprint density at radius 1 is 1.65 bits per heavy atom. The Hall–Kier alpha value is -1.50. The number of alkyl halides is 2. The molecule has 0 bridgehead atoms. The Bertz CT molecular complexity index is 414. The smallest absolute Gasteiger partial charge is 0.284 e. The Morgan fingerprint density at radius 3 is 3.00 bits per heavy atom. The first kappa shape index (κ1) is 12.0. The largest absolute Gasteiger partial charge is 0.368 e. The molecule has 0 aromatic carbocycles. The highest BCUT2D eigenvalue weighted by atomic mass is 19.3. The van der Waals surface area contributed by atoms with E-state index in [4.69, 9.17) is 4.74 Å². The summed E-state index contributed by atoms with van der Waals surface area (Å²) in [6.07, 6.45) is -1.84. The minimum absolute atomic E-state index is 0.0560. The van der Waals surface area contributed by atoms with Crippen molar-refractivity contribution in [1.82, 2.24) is 10.2 Å². The van der Waals surface area contributed by atoms with Gasteiger partial charge < -0.3 is 10.1 Å². The van der Waals surface area contributed by atoms with Crippen LogP contribution < -0.4 is 5.32 Å². The second kappa shape index (κ2) is 4.79. The zero-order valence-electron chi connectivity index (χ0n) is 9.30. The molecule has 0 saturated carbocycles. The van der Waals surface area contributed by atoms with Crippen molar-refractivity contribution in [3.63, 3.8) is 0 Å². The third-order valence-corrected chi connectivity index (χ3v) is 2.65. The minimum atomic E-state index is -2.72.